The van der Waals surface area contributed by atoms with Crippen LogP contribution in [0.2, 0.25) is 0 Å². The van der Waals surface area contributed by atoms with Gasteiger partial charge < -0.3 is 5.73 Å². The quantitative estimate of drug-likeness (QED) is 0.849. The van der Waals surface area contributed by atoms with Crippen LogP contribution < -0.4 is 5.73 Å². The lowest BCUT2D eigenvalue weighted by molar-refractivity contribution is 1.12. The zero-order chi connectivity index (χ0) is 13.1. The average Bonchev–Trinajstić information content (AvgIpc) is 2.90. The number of nitrogens with two attached hydrogens (primary N) is 1. The summed E-state index contributed by atoms with van der Waals surface area (Å²) in [7, 11) is 0. The lowest BCUT2D eigenvalue weighted by Gasteiger charge is -2.09. The summed E-state index contributed by atoms with van der Waals surface area (Å²) in [5.74, 6) is 0.171. The van der Waals surface area contributed by atoms with Gasteiger partial charge in [0.2, 0.25) is 0 Å². The van der Waals surface area contributed by atoms with E-state index in [1.54, 1.807) is 0 Å². The summed E-state index contributed by atoms with van der Waals surface area (Å²) < 4.78 is 0. The molecule has 6 heteroatoms. The Bertz CT molecular complexity index is 663. The maximum atomic E-state index is 9.29. The van der Waals surface area contributed by atoms with Crippen molar-refractivity contribution in [3.05, 3.63) is 28.6 Å². The largest absolute Gasteiger partial charge is 0.383 e. The van der Waals surface area contributed by atoms with Crippen LogP contribution in [0.1, 0.15) is 11.1 Å². The van der Waals surface area contributed by atoms with Gasteiger partial charge in [-0.1, -0.05) is 6.07 Å². The van der Waals surface area contributed by atoms with Gasteiger partial charge in [0, 0.05) is 10.4 Å². The zero-order valence-electron chi connectivity index (χ0n) is 9.47. The van der Waals surface area contributed by atoms with E-state index in [-0.39, 0.29) is 11.4 Å². The van der Waals surface area contributed by atoms with Crippen molar-refractivity contribution in [2.45, 2.75) is 5.03 Å². The molecule has 0 aliphatic heterocycles. The molecule has 2 aromatic rings. The number of nitriles is 2. The predicted octanol–water partition coefficient (Wildman–Crippen LogP) is 2.86. The van der Waals surface area contributed by atoms with Crippen molar-refractivity contribution in [3.8, 4) is 22.6 Å². The molecule has 0 fully saturated rings. The highest BCUT2D eigenvalue weighted by atomic mass is 32.2. The molecule has 0 amide bonds. The van der Waals surface area contributed by atoms with E-state index in [2.05, 4.69) is 11.1 Å². The molecule has 4 nitrogen and oxygen atoms in total. The molecule has 0 atom stereocenters. The number of thioether (sulfide) groups is 1. The number of thiophene rings is 1. The Hall–Kier alpha value is -2.02. The Balaban J connectivity index is 2.88. The van der Waals surface area contributed by atoms with Crippen LogP contribution >= 0.6 is 23.1 Å². The summed E-state index contributed by atoms with van der Waals surface area (Å²) in [5, 5.41) is 20.9. The Kier molecular flexibility index (Phi) is 3.52. The normalized spacial score (nSPS) is 9.72. The Morgan fingerprint density at radius 3 is 2.56 bits per heavy atom. The summed E-state index contributed by atoms with van der Waals surface area (Å²) >= 11 is 2.81. The predicted molar refractivity (Wildman–Crippen MR) is 73.2 cm³/mol. The monoisotopic (exact) mass is 272 g/mol. The van der Waals surface area contributed by atoms with Crippen molar-refractivity contribution in [2.75, 3.05) is 12.0 Å². The summed E-state index contributed by atoms with van der Waals surface area (Å²) in [6.07, 6.45) is 1.83. The molecule has 0 aromatic carbocycles. The van der Waals surface area contributed by atoms with Gasteiger partial charge in [-0.15, -0.1) is 23.1 Å². The van der Waals surface area contributed by atoms with E-state index >= 15 is 0 Å². The van der Waals surface area contributed by atoms with Crippen LogP contribution in [0.5, 0.6) is 0 Å². The zero-order valence-corrected chi connectivity index (χ0v) is 11.1. The molecular weight excluding hydrogens is 264 g/mol. The first-order chi connectivity index (χ1) is 8.72. The SMILES string of the molecule is CSc1nc(N)c(C#N)c(-c2cccs2)c1C#N. The van der Waals surface area contributed by atoms with Crippen molar-refractivity contribution < 1.29 is 0 Å². The standard InChI is InChI=1S/C12H8N4S2/c1-17-12-8(6-14)10(9-3-2-4-18-9)7(5-13)11(15)16-12/h2-4H,1H3,(H2,15,16). The topological polar surface area (TPSA) is 86.5 Å². The van der Waals surface area contributed by atoms with Gasteiger partial charge in [0.1, 0.15) is 28.5 Å². The van der Waals surface area contributed by atoms with Crippen LogP contribution in [-0.4, -0.2) is 11.2 Å². The number of rotatable bonds is 2. The van der Waals surface area contributed by atoms with E-state index in [9.17, 15) is 10.5 Å². The van der Waals surface area contributed by atoms with Crippen LogP contribution in [0.25, 0.3) is 10.4 Å². The van der Waals surface area contributed by atoms with E-state index in [4.69, 9.17) is 5.73 Å². The van der Waals surface area contributed by atoms with Crippen molar-refractivity contribution >= 4 is 28.9 Å². The molecule has 0 aliphatic carbocycles. The molecule has 0 saturated heterocycles. The Morgan fingerprint density at radius 1 is 1.33 bits per heavy atom. The maximum Gasteiger partial charge on any atom is 0.143 e. The number of aromatic nitrogens is 1. The minimum absolute atomic E-state index is 0.171. The first kappa shape index (κ1) is 12.4. The van der Waals surface area contributed by atoms with Crippen molar-refractivity contribution in [2.24, 2.45) is 0 Å². The molecule has 2 N–H and O–H groups in total. The Morgan fingerprint density at radius 2 is 2.06 bits per heavy atom. The highest BCUT2D eigenvalue weighted by molar-refractivity contribution is 7.98. The molecule has 0 saturated carbocycles. The van der Waals surface area contributed by atoms with E-state index in [1.807, 2.05) is 29.8 Å². The second-order valence-electron chi connectivity index (χ2n) is 3.33. The van der Waals surface area contributed by atoms with Crippen LogP contribution in [-0.2, 0) is 0 Å². The molecular formula is C12H8N4S2. The lowest BCUT2D eigenvalue weighted by Crippen LogP contribution is -2.02. The number of anilines is 1. The van der Waals surface area contributed by atoms with Gasteiger partial charge >= 0.3 is 0 Å². The molecule has 0 aliphatic rings. The number of pyridine rings is 1. The summed E-state index contributed by atoms with van der Waals surface area (Å²) in [5.41, 5.74) is 7.06. The van der Waals surface area contributed by atoms with Gasteiger partial charge in [-0.2, -0.15) is 10.5 Å². The third-order valence-electron chi connectivity index (χ3n) is 2.38. The first-order valence-corrected chi connectivity index (χ1v) is 7.05. The lowest BCUT2D eigenvalue weighted by atomic mass is 10.0. The summed E-state index contributed by atoms with van der Waals surface area (Å²) in [4.78, 5) is 4.96. The van der Waals surface area contributed by atoms with E-state index in [0.29, 0.717) is 16.2 Å². The highest BCUT2D eigenvalue weighted by Gasteiger charge is 2.20. The molecule has 88 valence electrons. The molecule has 0 bridgehead atoms. The van der Waals surface area contributed by atoms with Crippen molar-refractivity contribution in [1.82, 2.24) is 4.98 Å². The Labute approximate surface area is 113 Å². The molecule has 2 heterocycles. The fraction of sp³-hybridized carbons (Fsp3) is 0.0833. The van der Waals surface area contributed by atoms with Crippen molar-refractivity contribution in [3.63, 3.8) is 0 Å². The summed E-state index contributed by atoms with van der Waals surface area (Å²) in [6, 6.07) is 7.90. The number of nitrogens with zero attached hydrogens (tertiary/aromatic N) is 3. The first-order valence-electron chi connectivity index (χ1n) is 4.94. The second kappa shape index (κ2) is 5.09. The molecule has 2 rings (SSSR count). The van der Waals surface area contributed by atoms with Gasteiger partial charge in [-0.3, -0.25) is 0 Å². The summed E-state index contributed by atoms with van der Waals surface area (Å²) in [6.45, 7) is 0. The smallest absolute Gasteiger partial charge is 0.143 e. The molecule has 18 heavy (non-hydrogen) atoms. The van der Waals surface area contributed by atoms with E-state index < -0.39 is 0 Å². The van der Waals surface area contributed by atoms with Gasteiger partial charge in [0.25, 0.3) is 0 Å². The minimum Gasteiger partial charge on any atom is -0.383 e. The minimum atomic E-state index is 0.171. The van der Waals surface area contributed by atoms with Crippen LogP contribution in [0.3, 0.4) is 0 Å². The highest BCUT2D eigenvalue weighted by Crippen LogP contribution is 2.36. The third-order valence-corrected chi connectivity index (χ3v) is 3.95. The number of nitrogen functional groups attached to an aromatic ring is 1. The van der Waals surface area contributed by atoms with Gasteiger partial charge in [-0.25, -0.2) is 4.98 Å². The molecule has 0 radical (unpaired) electrons. The van der Waals surface area contributed by atoms with E-state index in [0.717, 1.165) is 4.88 Å². The fourth-order valence-corrected chi connectivity index (χ4v) is 2.94. The number of hydrogen-bond donors (Lipinski definition) is 1. The third kappa shape index (κ3) is 1.92. The van der Waals surface area contributed by atoms with Crippen molar-refractivity contribution in [1.29, 1.82) is 10.5 Å². The maximum absolute atomic E-state index is 9.29. The van der Waals surface area contributed by atoms with Gasteiger partial charge in [0.05, 0.1) is 5.56 Å². The van der Waals surface area contributed by atoms with Gasteiger partial charge in [-0.05, 0) is 17.7 Å². The van der Waals surface area contributed by atoms with E-state index in [1.165, 1.54) is 23.1 Å². The second-order valence-corrected chi connectivity index (χ2v) is 5.07. The fourth-order valence-electron chi connectivity index (χ4n) is 1.61. The average molecular weight is 272 g/mol. The van der Waals surface area contributed by atoms with Crippen LogP contribution in [0, 0.1) is 22.7 Å². The van der Waals surface area contributed by atoms with Crippen LogP contribution in [0.4, 0.5) is 5.82 Å². The van der Waals surface area contributed by atoms with Crippen LogP contribution in [0.15, 0.2) is 22.5 Å². The molecule has 0 unspecified atom stereocenters. The van der Waals surface area contributed by atoms with Gasteiger partial charge in [0.15, 0.2) is 0 Å². The molecule has 2 aromatic heterocycles. The molecule has 0 spiro atoms. The number of hydrogen-bond acceptors (Lipinski definition) is 6.